The maximum atomic E-state index is 12.9. The summed E-state index contributed by atoms with van der Waals surface area (Å²) in [5.74, 6) is 0.303. The van der Waals surface area contributed by atoms with Gasteiger partial charge in [-0.2, -0.15) is 0 Å². The Kier molecular flexibility index (Phi) is 3.96. The second-order valence-electron chi connectivity index (χ2n) is 5.18. The van der Waals surface area contributed by atoms with E-state index in [0.717, 1.165) is 5.56 Å². The van der Waals surface area contributed by atoms with Crippen LogP contribution in [0.25, 0.3) is 11.5 Å². The molecule has 3 aromatic rings. The van der Waals surface area contributed by atoms with Gasteiger partial charge < -0.3 is 4.42 Å². The van der Waals surface area contributed by atoms with Crippen molar-refractivity contribution in [3.8, 4) is 11.5 Å². The minimum Gasteiger partial charge on any atom is -0.420 e. The Morgan fingerprint density at radius 2 is 1.50 bits per heavy atom. The monoisotopic (exact) mass is 300 g/mol. The summed E-state index contributed by atoms with van der Waals surface area (Å²) in [7, 11) is 0. The standard InChI is InChI=1S/C17H14F2N2O/c1-11(10-12-2-6-14(18)7-3-12)16-20-21-17(22-16)13-4-8-15(19)9-5-13/h2-9,11H,10H2,1H3. The van der Waals surface area contributed by atoms with Gasteiger partial charge >= 0.3 is 0 Å². The van der Waals surface area contributed by atoms with Gasteiger partial charge in [0.1, 0.15) is 11.6 Å². The van der Waals surface area contributed by atoms with Crippen LogP contribution in [0.1, 0.15) is 24.3 Å². The van der Waals surface area contributed by atoms with Crippen molar-refractivity contribution in [2.75, 3.05) is 0 Å². The zero-order valence-electron chi connectivity index (χ0n) is 12.0. The molecule has 0 aliphatic heterocycles. The molecule has 22 heavy (non-hydrogen) atoms. The molecule has 0 fully saturated rings. The molecule has 112 valence electrons. The average molecular weight is 300 g/mol. The molecule has 1 heterocycles. The highest BCUT2D eigenvalue weighted by Crippen LogP contribution is 2.24. The molecule has 0 radical (unpaired) electrons. The van der Waals surface area contributed by atoms with Crippen molar-refractivity contribution < 1.29 is 13.2 Å². The first-order valence-corrected chi connectivity index (χ1v) is 6.95. The molecule has 3 nitrogen and oxygen atoms in total. The third kappa shape index (κ3) is 3.19. The number of halogens is 2. The first kappa shape index (κ1) is 14.4. The van der Waals surface area contributed by atoms with Gasteiger partial charge in [-0.3, -0.25) is 0 Å². The lowest BCUT2D eigenvalue weighted by atomic mass is 10.0. The smallest absolute Gasteiger partial charge is 0.247 e. The van der Waals surface area contributed by atoms with Gasteiger partial charge in [0.25, 0.3) is 0 Å². The fourth-order valence-electron chi connectivity index (χ4n) is 2.20. The van der Waals surface area contributed by atoms with E-state index in [-0.39, 0.29) is 17.6 Å². The molecule has 1 unspecified atom stereocenters. The first-order valence-electron chi connectivity index (χ1n) is 6.95. The van der Waals surface area contributed by atoms with Crippen LogP contribution in [0.3, 0.4) is 0 Å². The highest BCUT2D eigenvalue weighted by molar-refractivity contribution is 5.52. The molecule has 0 saturated carbocycles. The van der Waals surface area contributed by atoms with E-state index >= 15 is 0 Å². The normalized spacial score (nSPS) is 12.3. The third-order valence-electron chi connectivity index (χ3n) is 3.41. The van der Waals surface area contributed by atoms with Crippen LogP contribution in [0, 0.1) is 11.6 Å². The van der Waals surface area contributed by atoms with Crippen LogP contribution in [0.15, 0.2) is 52.9 Å². The Morgan fingerprint density at radius 3 is 2.14 bits per heavy atom. The summed E-state index contributed by atoms with van der Waals surface area (Å²) in [6, 6.07) is 12.2. The Morgan fingerprint density at radius 1 is 0.909 bits per heavy atom. The fraction of sp³-hybridized carbons (Fsp3) is 0.176. The van der Waals surface area contributed by atoms with Crippen molar-refractivity contribution in [2.45, 2.75) is 19.3 Å². The zero-order valence-corrected chi connectivity index (χ0v) is 12.0. The van der Waals surface area contributed by atoms with E-state index < -0.39 is 0 Å². The molecule has 0 aliphatic carbocycles. The number of hydrogen-bond acceptors (Lipinski definition) is 3. The summed E-state index contributed by atoms with van der Waals surface area (Å²) >= 11 is 0. The Hall–Kier alpha value is -2.56. The molecule has 3 rings (SSSR count). The van der Waals surface area contributed by atoms with Gasteiger partial charge in [0.15, 0.2) is 0 Å². The van der Waals surface area contributed by atoms with Gasteiger partial charge in [0, 0.05) is 11.5 Å². The van der Waals surface area contributed by atoms with Gasteiger partial charge in [0.05, 0.1) is 0 Å². The molecule has 0 aliphatic rings. The van der Waals surface area contributed by atoms with E-state index in [2.05, 4.69) is 10.2 Å². The summed E-state index contributed by atoms with van der Waals surface area (Å²) in [6.45, 7) is 1.96. The van der Waals surface area contributed by atoms with Gasteiger partial charge in [-0.1, -0.05) is 19.1 Å². The molecule has 0 N–H and O–H groups in total. The SMILES string of the molecule is CC(Cc1ccc(F)cc1)c1nnc(-c2ccc(F)cc2)o1. The highest BCUT2D eigenvalue weighted by Gasteiger charge is 2.15. The van der Waals surface area contributed by atoms with E-state index in [9.17, 15) is 8.78 Å². The average Bonchev–Trinajstić information content (AvgIpc) is 3.00. The van der Waals surface area contributed by atoms with Crippen LogP contribution in [0.2, 0.25) is 0 Å². The van der Waals surface area contributed by atoms with Crippen molar-refractivity contribution in [3.05, 3.63) is 71.6 Å². The third-order valence-corrected chi connectivity index (χ3v) is 3.41. The maximum Gasteiger partial charge on any atom is 0.247 e. The molecule has 2 aromatic carbocycles. The van der Waals surface area contributed by atoms with E-state index in [1.807, 2.05) is 6.92 Å². The molecule has 1 aromatic heterocycles. The summed E-state index contributed by atoms with van der Waals surface area (Å²) in [4.78, 5) is 0. The second kappa shape index (κ2) is 6.05. The topological polar surface area (TPSA) is 38.9 Å². The van der Waals surface area contributed by atoms with E-state index in [4.69, 9.17) is 4.42 Å². The van der Waals surface area contributed by atoms with Gasteiger partial charge in [-0.15, -0.1) is 10.2 Å². The van der Waals surface area contributed by atoms with E-state index in [1.165, 1.54) is 24.3 Å². The fourth-order valence-corrected chi connectivity index (χ4v) is 2.20. The van der Waals surface area contributed by atoms with Crippen molar-refractivity contribution in [3.63, 3.8) is 0 Å². The Balaban J connectivity index is 1.75. The number of aromatic nitrogens is 2. The molecule has 5 heteroatoms. The lowest BCUT2D eigenvalue weighted by molar-refractivity contribution is 0.466. The Labute approximate surface area is 126 Å². The number of benzene rings is 2. The summed E-state index contributed by atoms with van der Waals surface area (Å²) in [5.41, 5.74) is 1.67. The number of rotatable bonds is 4. The van der Waals surface area contributed by atoms with Crippen LogP contribution in [0.4, 0.5) is 8.78 Å². The summed E-state index contributed by atoms with van der Waals surface area (Å²) in [6.07, 6.45) is 0.672. The molecule has 1 atom stereocenters. The molecular weight excluding hydrogens is 286 g/mol. The van der Waals surface area contributed by atoms with Crippen molar-refractivity contribution >= 4 is 0 Å². The summed E-state index contributed by atoms with van der Waals surface area (Å²) in [5, 5.41) is 8.04. The quantitative estimate of drug-likeness (QED) is 0.718. The van der Waals surface area contributed by atoms with Crippen molar-refractivity contribution in [1.29, 1.82) is 0 Å². The molecule has 0 bridgehead atoms. The lowest BCUT2D eigenvalue weighted by Gasteiger charge is -2.06. The van der Waals surface area contributed by atoms with Crippen LogP contribution in [0.5, 0.6) is 0 Å². The zero-order chi connectivity index (χ0) is 15.5. The molecule has 0 spiro atoms. The van der Waals surface area contributed by atoms with Crippen molar-refractivity contribution in [1.82, 2.24) is 10.2 Å². The number of hydrogen-bond donors (Lipinski definition) is 0. The van der Waals surface area contributed by atoms with Crippen molar-refractivity contribution in [2.24, 2.45) is 0 Å². The summed E-state index contributed by atoms with van der Waals surface area (Å²) < 4.78 is 31.5. The number of nitrogens with zero attached hydrogens (tertiary/aromatic N) is 2. The Bertz CT molecular complexity index is 751. The molecule has 0 amide bonds. The van der Waals surface area contributed by atoms with E-state index in [0.29, 0.717) is 23.8 Å². The van der Waals surface area contributed by atoms with Crippen LogP contribution in [-0.4, -0.2) is 10.2 Å². The van der Waals surface area contributed by atoms with E-state index in [1.54, 1.807) is 24.3 Å². The molecular formula is C17H14F2N2O. The van der Waals surface area contributed by atoms with Gasteiger partial charge in [-0.05, 0) is 48.4 Å². The van der Waals surface area contributed by atoms with Gasteiger partial charge in [-0.25, -0.2) is 8.78 Å². The van der Waals surface area contributed by atoms with Crippen LogP contribution in [-0.2, 0) is 6.42 Å². The lowest BCUT2D eigenvalue weighted by Crippen LogP contribution is -1.99. The van der Waals surface area contributed by atoms with Crippen LogP contribution >= 0.6 is 0 Å². The largest absolute Gasteiger partial charge is 0.420 e. The minimum atomic E-state index is -0.312. The molecule has 0 saturated heterocycles. The predicted octanol–water partition coefficient (Wildman–Crippen LogP) is 4.36. The van der Waals surface area contributed by atoms with Gasteiger partial charge in [0.2, 0.25) is 11.8 Å². The predicted molar refractivity (Wildman–Crippen MR) is 78.2 cm³/mol. The minimum absolute atomic E-state index is 0.00663. The van der Waals surface area contributed by atoms with Crippen LogP contribution < -0.4 is 0 Å². The maximum absolute atomic E-state index is 12.9. The first-order chi connectivity index (χ1) is 10.6. The second-order valence-corrected chi connectivity index (χ2v) is 5.18. The highest BCUT2D eigenvalue weighted by atomic mass is 19.1.